The molecule has 18 heterocycles. The number of rotatable bonds is 29. The fourth-order valence-electron chi connectivity index (χ4n) is 20.1. The Kier molecular flexibility index (Phi) is 33.8. The average Bonchev–Trinajstić information content (AvgIpc) is 1.67. The number of morpholine rings is 1. The Morgan fingerprint density at radius 1 is 0.311 bits per heavy atom. The third-order valence-electron chi connectivity index (χ3n) is 28.1. The van der Waals surface area contributed by atoms with Gasteiger partial charge in [-0.15, -0.1) is 56.7 Å². The third kappa shape index (κ3) is 26.3. The van der Waals surface area contributed by atoms with E-state index in [1.54, 1.807) is 62.9 Å². The quantitative estimate of drug-likeness (QED) is 0.0311. The molecule has 5 atom stereocenters. The fraction of sp³-hybridized carbons (Fsp3) is 0.353. The number of ether oxygens (including phenoxy) is 8. The van der Waals surface area contributed by atoms with Crippen LogP contribution >= 0.6 is 56.7 Å². The first-order valence-electron chi connectivity index (χ1n) is 51.5. The molecule has 0 N–H and O–H groups in total. The van der Waals surface area contributed by atoms with Gasteiger partial charge in [0, 0.05) is 164 Å². The number of fused-ring (bicyclic) bond motifs is 5. The van der Waals surface area contributed by atoms with Gasteiger partial charge in [-0.05, 0) is 222 Å². The number of aromatic nitrogens is 6. The lowest BCUT2D eigenvalue weighted by Crippen LogP contribution is -2.36. The van der Waals surface area contributed by atoms with Crippen LogP contribution in [0.2, 0.25) is 0 Å². The molecule has 5 unspecified atom stereocenters. The molecule has 764 valence electrons. The van der Waals surface area contributed by atoms with Crippen molar-refractivity contribution < 1.29 is 61.9 Å². The van der Waals surface area contributed by atoms with Gasteiger partial charge in [0.05, 0.1) is 158 Å². The van der Waals surface area contributed by atoms with E-state index in [1.165, 1.54) is 88.3 Å². The Labute approximate surface area is 881 Å². The molecule has 7 saturated heterocycles. The summed E-state index contributed by atoms with van der Waals surface area (Å²) in [6, 6.07) is 66.2. The topological polar surface area (TPSA) is 262 Å². The van der Waals surface area contributed by atoms with Gasteiger partial charge in [0.2, 0.25) is 5.88 Å². The van der Waals surface area contributed by atoms with E-state index in [9.17, 15) is 24.0 Å². The normalized spacial score (nSPS) is 18.0. The molecule has 0 radical (unpaired) electrons. The van der Waals surface area contributed by atoms with E-state index in [0.717, 1.165) is 223 Å². The minimum atomic E-state index is -0.206. The van der Waals surface area contributed by atoms with E-state index in [2.05, 4.69) is 177 Å². The molecule has 32 heteroatoms. The highest BCUT2D eigenvalue weighted by atomic mass is 32.1. The third-order valence-corrected chi connectivity index (χ3v) is 32.7. The number of nitrogens with zero attached hydrogens (tertiary/aromatic N) is 14. The van der Waals surface area contributed by atoms with Crippen LogP contribution in [0.4, 0.5) is 45.5 Å². The van der Waals surface area contributed by atoms with Crippen LogP contribution in [0.25, 0.3) is 51.1 Å². The van der Waals surface area contributed by atoms with Crippen molar-refractivity contribution in [1.82, 2.24) is 29.9 Å². The highest BCUT2D eigenvalue weighted by molar-refractivity contribution is 7.19. The summed E-state index contributed by atoms with van der Waals surface area (Å²) < 4.78 is 51.8. The summed E-state index contributed by atoms with van der Waals surface area (Å²) in [4.78, 5) is 107. The van der Waals surface area contributed by atoms with Crippen LogP contribution in [-0.2, 0) is 84.5 Å². The van der Waals surface area contributed by atoms with E-state index < -0.39 is 0 Å². The molecule has 16 aromatic rings. The number of hydrogen-bond donors (Lipinski definition) is 0. The van der Waals surface area contributed by atoms with Crippen LogP contribution in [0.15, 0.2) is 264 Å². The molecule has 11 aromatic heterocycles. The summed E-state index contributed by atoms with van der Waals surface area (Å²) in [6.45, 7) is 20.0. The van der Waals surface area contributed by atoms with Gasteiger partial charge in [-0.2, -0.15) is 0 Å². The van der Waals surface area contributed by atoms with E-state index >= 15 is 0 Å². The van der Waals surface area contributed by atoms with Gasteiger partial charge in [-0.3, -0.25) is 48.9 Å². The van der Waals surface area contributed by atoms with Crippen molar-refractivity contribution in [3.63, 3.8) is 0 Å². The lowest BCUT2D eigenvalue weighted by atomic mass is 9.96. The second-order valence-corrected chi connectivity index (χ2v) is 42.7. The van der Waals surface area contributed by atoms with Crippen LogP contribution in [0.3, 0.4) is 0 Å². The van der Waals surface area contributed by atoms with Gasteiger partial charge < -0.3 is 77.1 Å². The van der Waals surface area contributed by atoms with Crippen LogP contribution in [0.5, 0.6) is 17.4 Å². The van der Waals surface area contributed by atoms with Gasteiger partial charge in [-0.25, -0.2) is 4.98 Å². The Morgan fingerprint density at radius 2 is 0.622 bits per heavy atom. The summed E-state index contributed by atoms with van der Waals surface area (Å²) in [7, 11) is 0. The number of thiophene rings is 5. The van der Waals surface area contributed by atoms with Gasteiger partial charge in [-0.1, -0.05) is 72.8 Å². The fourth-order valence-corrected chi connectivity index (χ4v) is 24.6. The molecule has 0 spiro atoms. The highest BCUT2D eigenvalue weighted by Gasteiger charge is 2.35. The maximum atomic E-state index is 12.5. The zero-order valence-electron chi connectivity index (χ0n) is 83.3. The van der Waals surface area contributed by atoms with Gasteiger partial charge in [0.15, 0.2) is 0 Å². The Bertz CT molecular complexity index is 6950. The minimum absolute atomic E-state index is 0.0467. The van der Waals surface area contributed by atoms with Crippen molar-refractivity contribution in [3.05, 3.63) is 292 Å². The number of benzene rings is 5. The molecule has 1 aliphatic carbocycles. The minimum Gasteiger partial charge on any atom is -0.474 e. The molecule has 0 amide bonds. The Hall–Kier alpha value is -13.9. The van der Waals surface area contributed by atoms with Crippen LogP contribution < -0.4 is 48.7 Å². The zero-order chi connectivity index (χ0) is 101. The van der Waals surface area contributed by atoms with E-state index in [0.29, 0.717) is 37.8 Å². The average molecular weight is 2080 g/mol. The number of anilines is 8. The first-order valence-corrected chi connectivity index (χ1v) is 55.9. The zero-order valence-corrected chi connectivity index (χ0v) is 87.4. The standard InChI is InChI=1S/C25H22N2O3S.C23H25N3O3S.C23H25N3O2S.C23H27N3O2S.C22H23N3O3S/c28-24(16-18-6-8-20(9-7-18)29-19-4-2-1-3-5-19)30-21-11-14-27(17-21)23-10-13-26-22-12-15-31-25(22)23;27-22(15-17-1-3-18(4-2-17)25-10-12-28-13-11-25)29-19-6-9-26(16-19)21-5-8-24-20-7-14-30-23(20)21;27-22(15-17-3-5-18(6-4-17)25-11-1-2-12-25)28-19-8-13-26(16-19)21-7-10-24-20-9-14-29-23(20)21;1-3-25(4-2)18-7-5-17(6-8-18)15-22(27)28-19-10-13-26(16-19)21-9-12-24-20-11-14-29-23(20)21;26-21(12-15-4-5-20(24-13-15)27-16-2-1-3-16)28-17-7-10-25(14-17)19-6-9-23-18-8-11-29-22(18)19/h1-10,12-13,15,21H,11,14,16-17H2;1-5,7-8,14,19H,6,9-13,15-16H2;3-7,9-10,14,19H,1-2,8,11-13,15-16H2;5-9,11-12,14,19H,3-4,10,13,15-16H2,1-2H3;4-6,8-9,11,13,16-17H,1-3,7,10,12,14H2. The van der Waals surface area contributed by atoms with Crippen LogP contribution in [0.1, 0.15) is 106 Å². The molecule has 7 aliphatic heterocycles. The number of esters is 5. The smallest absolute Gasteiger partial charge is 0.310 e. The molecule has 0 bridgehead atoms. The summed E-state index contributed by atoms with van der Waals surface area (Å²) in [5.74, 6) is 1.32. The molecular formula is C116H122N14O13S5. The number of carbonyl (C=O) groups excluding carboxylic acids is 5. The lowest BCUT2D eigenvalue weighted by Gasteiger charge is -2.28. The highest BCUT2D eigenvalue weighted by Crippen LogP contribution is 2.40. The molecule has 8 fully saturated rings. The van der Waals surface area contributed by atoms with Crippen molar-refractivity contribution in [2.45, 2.75) is 147 Å². The predicted octanol–water partition coefficient (Wildman–Crippen LogP) is 21.7. The molecule has 8 aliphatic rings. The van der Waals surface area contributed by atoms with Gasteiger partial charge in [0.1, 0.15) is 48.1 Å². The second kappa shape index (κ2) is 49.3. The monoisotopic (exact) mass is 2080 g/mol. The summed E-state index contributed by atoms with van der Waals surface area (Å²) >= 11 is 8.52. The van der Waals surface area contributed by atoms with Crippen molar-refractivity contribution in [2.24, 2.45) is 0 Å². The van der Waals surface area contributed by atoms with Crippen LogP contribution in [-0.4, -0.2) is 214 Å². The van der Waals surface area contributed by atoms with E-state index in [-0.39, 0.29) is 73.2 Å². The molecule has 148 heavy (non-hydrogen) atoms. The van der Waals surface area contributed by atoms with E-state index in [4.69, 9.17) is 37.9 Å². The Balaban J connectivity index is 0.000000112. The number of para-hydroxylation sites is 1. The Morgan fingerprint density at radius 3 is 0.939 bits per heavy atom. The molecule has 5 aromatic carbocycles. The summed E-state index contributed by atoms with van der Waals surface area (Å²) in [6.07, 6.45) is 22.6. The predicted molar refractivity (Wildman–Crippen MR) is 593 cm³/mol. The first-order chi connectivity index (χ1) is 72.7. The summed E-state index contributed by atoms with van der Waals surface area (Å²) in [5, 5.41) is 10.3. The van der Waals surface area contributed by atoms with Crippen LogP contribution in [0, 0.1) is 0 Å². The maximum Gasteiger partial charge on any atom is 0.310 e. The number of pyridine rings is 6. The van der Waals surface area contributed by atoms with Crippen molar-refractivity contribution >= 4 is 183 Å². The second-order valence-electron chi connectivity index (χ2n) is 38.1. The largest absolute Gasteiger partial charge is 0.474 e. The molecule has 24 rings (SSSR count). The number of carbonyl (C=O) groups is 5. The van der Waals surface area contributed by atoms with Gasteiger partial charge >= 0.3 is 29.8 Å². The first kappa shape index (κ1) is 101. The molecule has 27 nitrogen and oxygen atoms in total. The van der Waals surface area contributed by atoms with Gasteiger partial charge in [0.25, 0.3) is 0 Å². The maximum absolute atomic E-state index is 12.5. The van der Waals surface area contributed by atoms with E-state index in [1.807, 2.05) is 164 Å². The molecular weight excluding hydrogens is 1960 g/mol. The lowest BCUT2D eigenvalue weighted by molar-refractivity contribution is -0.148. The SMILES string of the molecule is CCN(CC)c1ccc(CC(=O)OC2CCN(c3ccnc4ccsc34)C2)cc1.O=C(Cc1ccc(N2CCCC2)cc1)OC1CCN(c2ccnc3ccsc23)C1.O=C(Cc1ccc(N2CCOCC2)cc1)OC1CCN(c2ccnc3ccsc23)C1.O=C(Cc1ccc(OC2CCC2)nc1)OC1CCN(c2ccnc3ccsc23)C1.O=C(Cc1ccc(Oc2ccccc2)cc1)OC1CCN(c2ccnc3ccsc23)C1. The molecule has 1 saturated carbocycles. The van der Waals surface area contributed by atoms with Crippen molar-refractivity contribution in [2.75, 3.05) is 157 Å². The van der Waals surface area contributed by atoms with Crippen molar-refractivity contribution in [1.29, 1.82) is 0 Å². The van der Waals surface area contributed by atoms with Crippen molar-refractivity contribution in [3.8, 4) is 17.4 Å². The number of hydrogen-bond acceptors (Lipinski definition) is 32. The summed E-state index contributed by atoms with van der Waals surface area (Å²) in [5.41, 5.74) is 19.4.